The molecule has 1 aliphatic heterocycles. The molecule has 1 saturated heterocycles. The summed E-state index contributed by atoms with van der Waals surface area (Å²) in [4.78, 5) is 12.0. The fourth-order valence-corrected chi connectivity index (χ4v) is 2.91. The molecule has 0 unspecified atom stereocenters. The molecule has 3 rings (SSSR count). The Bertz CT molecular complexity index is 550. The summed E-state index contributed by atoms with van der Waals surface area (Å²) >= 11 is 1.54. The van der Waals surface area contributed by atoms with Crippen LogP contribution in [0.4, 0.5) is 0 Å². The highest BCUT2D eigenvalue weighted by molar-refractivity contribution is 7.08. The maximum Gasteiger partial charge on any atom is 0.346 e. The molecule has 4 heteroatoms. The van der Waals surface area contributed by atoms with Crippen molar-refractivity contribution in [3.63, 3.8) is 0 Å². The standard InChI is InChI=1S/C14H12O3S/c1-16-13(15)14(11-7-8-18-9-11)12(17-14)10-5-3-2-4-6-10/h2-9,12H,1H3/t12-,14-/m0/s1. The third-order valence-electron chi connectivity index (χ3n) is 3.16. The Labute approximate surface area is 109 Å². The zero-order chi connectivity index (χ0) is 12.6. The third-order valence-corrected chi connectivity index (χ3v) is 3.84. The van der Waals surface area contributed by atoms with Gasteiger partial charge < -0.3 is 9.47 Å². The van der Waals surface area contributed by atoms with E-state index >= 15 is 0 Å². The van der Waals surface area contributed by atoms with E-state index in [1.165, 1.54) is 7.11 Å². The van der Waals surface area contributed by atoms with Crippen molar-refractivity contribution in [3.8, 4) is 0 Å². The van der Waals surface area contributed by atoms with E-state index in [9.17, 15) is 4.79 Å². The van der Waals surface area contributed by atoms with Crippen LogP contribution < -0.4 is 0 Å². The van der Waals surface area contributed by atoms with Crippen LogP contribution in [-0.2, 0) is 19.9 Å². The van der Waals surface area contributed by atoms with E-state index in [-0.39, 0.29) is 12.1 Å². The van der Waals surface area contributed by atoms with E-state index < -0.39 is 5.60 Å². The molecule has 0 aliphatic carbocycles. The van der Waals surface area contributed by atoms with Crippen molar-refractivity contribution < 1.29 is 14.3 Å². The lowest BCUT2D eigenvalue weighted by Crippen LogP contribution is -2.24. The van der Waals surface area contributed by atoms with Crippen molar-refractivity contribution in [1.29, 1.82) is 0 Å². The van der Waals surface area contributed by atoms with Crippen LogP contribution in [0.15, 0.2) is 47.2 Å². The maximum absolute atomic E-state index is 12.0. The first kappa shape index (κ1) is 11.4. The monoisotopic (exact) mass is 260 g/mol. The first-order valence-electron chi connectivity index (χ1n) is 5.63. The van der Waals surface area contributed by atoms with E-state index in [1.807, 2.05) is 47.2 Å². The molecule has 1 aliphatic rings. The van der Waals surface area contributed by atoms with Crippen molar-refractivity contribution in [2.75, 3.05) is 7.11 Å². The molecule has 0 bridgehead atoms. The fourth-order valence-electron chi connectivity index (χ4n) is 2.20. The maximum atomic E-state index is 12.0. The van der Waals surface area contributed by atoms with Gasteiger partial charge in [0.25, 0.3) is 0 Å². The highest BCUT2D eigenvalue weighted by Crippen LogP contribution is 2.58. The molecule has 1 aromatic carbocycles. The molecule has 18 heavy (non-hydrogen) atoms. The van der Waals surface area contributed by atoms with Gasteiger partial charge in [-0.25, -0.2) is 4.79 Å². The van der Waals surface area contributed by atoms with Gasteiger partial charge in [0, 0.05) is 5.56 Å². The minimum atomic E-state index is -0.948. The van der Waals surface area contributed by atoms with E-state index in [0.29, 0.717) is 0 Å². The second kappa shape index (κ2) is 4.23. The van der Waals surface area contributed by atoms with Crippen LogP contribution in [0, 0.1) is 0 Å². The van der Waals surface area contributed by atoms with Gasteiger partial charge in [-0.05, 0) is 22.4 Å². The summed E-state index contributed by atoms with van der Waals surface area (Å²) in [6.07, 6.45) is -0.249. The van der Waals surface area contributed by atoms with Crippen LogP contribution in [0.3, 0.4) is 0 Å². The lowest BCUT2D eigenvalue weighted by atomic mass is 9.94. The van der Waals surface area contributed by atoms with Gasteiger partial charge in [-0.3, -0.25) is 0 Å². The summed E-state index contributed by atoms with van der Waals surface area (Å²) in [5.41, 5.74) is 0.915. The van der Waals surface area contributed by atoms with Crippen molar-refractivity contribution >= 4 is 17.3 Å². The molecule has 3 nitrogen and oxygen atoms in total. The summed E-state index contributed by atoms with van der Waals surface area (Å²) in [5.74, 6) is -0.338. The number of hydrogen-bond acceptors (Lipinski definition) is 4. The fraction of sp³-hybridized carbons (Fsp3) is 0.214. The summed E-state index contributed by atoms with van der Waals surface area (Å²) in [5, 5.41) is 3.86. The Morgan fingerprint density at radius 2 is 2.11 bits per heavy atom. The Morgan fingerprint density at radius 3 is 2.72 bits per heavy atom. The van der Waals surface area contributed by atoms with Gasteiger partial charge >= 0.3 is 5.97 Å². The molecule has 0 spiro atoms. The summed E-state index contributed by atoms with van der Waals surface area (Å²) in [7, 11) is 1.39. The second-order valence-electron chi connectivity index (χ2n) is 4.15. The number of carbonyl (C=O) groups is 1. The average Bonchev–Trinajstić information content (AvgIpc) is 2.95. The first-order chi connectivity index (χ1) is 8.79. The number of rotatable bonds is 3. The smallest absolute Gasteiger partial charge is 0.346 e. The molecular weight excluding hydrogens is 248 g/mol. The predicted molar refractivity (Wildman–Crippen MR) is 68.3 cm³/mol. The van der Waals surface area contributed by atoms with E-state index in [4.69, 9.17) is 9.47 Å². The largest absolute Gasteiger partial charge is 0.467 e. The van der Waals surface area contributed by atoms with Crippen LogP contribution in [0.2, 0.25) is 0 Å². The number of benzene rings is 1. The number of ether oxygens (including phenoxy) is 2. The van der Waals surface area contributed by atoms with Gasteiger partial charge in [-0.2, -0.15) is 11.3 Å². The van der Waals surface area contributed by atoms with E-state index in [2.05, 4.69) is 0 Å². The highest BCUT2D eigenvalue weighted by atomic mass is 32.1. The van der Waals surface area contributed by atoms with Gasteiger partial charge in [0.05, 0.1) is 7.11 Å². The van der Waals surface area contributed by atoms with E-state index in [0.717, 1.165) is 11.1 Å². The minimum Gasteiger partial charge on any atom is -0.467 e. The lowest BCUT2D eigenvalue weighted by Gasteiger charge is -2.08. The SMILES string of the molecule is COC(=O)[C@@]1(c2ccsc2)O[C@H]1c1ccccc1. The van der Waals surface area contributed by atoms with Crippen molar-refractivity contribution in [2.45, 2.75) is 11.7 Å². The molecule has 0 N–H and O–H groups in total. The topological polar surface area (TPSA) is 38.8 Å². The summed E-state index contributed by atoms with van der Waals surface area (Å²) in [6, 6.07) is 11.6. The number of methoxy groups -OCH3 is 1. The average molecular weight is 260 g/mol. The van der Waals surface area contributed by atoms with Gasteiger partial charge in [0.2, 0.25) is 5.60 Å². The van der Waals surface area contributed by atoms with Gasteiger partial charge in [0.15, 0.2) is 0 Å². The Balaban J connectivity index is 1.99. The number of thiophene rings is 1. The highest BCUT2D eigenvalue weighted by Gasteiger charge is 2.65. The normalized spacial score (nSPS) is 25.7. The molecule has 1 fully saturated rings. The molecule has 2 atom stereocenters. The lowest BCUT2D eigenvalue weighted by molar-refractivity contribution is -0.147. The molecule has 0 saturated carbocycles. The number of carbonyl (C=O) groups excluding carboxylic acids is 1. The van der Waals surface area contributed by atoms with Crippen LogP contribution >= 0.6 is 11.3 Å². The summed E-state index contributed by atoms with van der Waals surface area (Å²) in [6.45, 7) is 0. The first-order valence-corrected chi connectivity index (χ1v) is 6.57. The van der Waals surface area contributed by atoms with Crippen LogP contribution in [0.25, 0.3) is 0 Å². The summed E-state index contributed by atoms with van der Waals surface area (Å²) < 4.78 is 10.6. The molecule has 0 amide bonds. The van der Waals surface area contributed by atoms with Crippen LogP contribution in [0.1, 0.15) is 17.2 Å². The van der Waals surface area contributed by atoms with Crippen LogP contribution in [0.5, 0.6) is 0 Å². The van der Waals surface area contributed by atoms with Gasteiger partial charge in [-0.15, -0.1) is 0 Å². The Kier molecular flexibility index (Phi) is 2.69. The molecular formula is C14H12O3S. The van der Waals surface area contributed by atoms with Crippen molar-refractivity contribution in [2.24, 2.45) is 0 Å². The zero-order valence-electron chi connectivity index (χ0n) is 9.83. The Hall–Kier alpha value is -1.65. The van der Waals surface area contributed by atoms with Gasteiger partial charge in [-0.1, -0.05) is 30.3 Å². The zero-order valence-corrected chi connectivity index (χ0v) is 10.6. The molecule has 92 valence electrons. The number of epoxide rings is 1. The second-order valence-corrected chi connectivity index (χ2v) is 4.93. The quantitative estimate of drug-likeness (QED) is 0.629. The van der Waals surface area contributed by atoms with Crippen LogP contribution in [-0.4, -0.2) is 13.1 Å². The molecule has 2 aromatic rings. The number of esters is 1. The minimum absolute atomic E-state index is 0.249. The number of hydrogen-bond donors (Lipinski definition) is 0. The molecule has 2 heterocycles. The third kappa shape index (κ3) is 1.57. The van der Waals surface area contributed by atoms with E-state index in [1.54, 1.807) is 11.3 Å². The van der Waals surface area contributed by atoms with Crippen molar-refractivity contribution in [3.05, 3.63) is 58.3 Å². The van der Waals surface area contributed by atoms with Crippen molar-refractivity contribution in [1.82, 2.24) is 0 Å². The Morgan fingerprint density at radius 1 is 1.33 bits per heavy atom. The molecule has 1 aromatic heterocycles. The molecule has 0 radical (unpaired) electrons. The predicted octanol–water partition coefficient (Wildman–Crippen LogP) is 2.89. The van der Waals surface area contributed by atoms with Gasteiger partial charge in [0.1, 0.15) is 6.10 Å².